The summed E-state index contributed by atoms with van der Waals surface area (Å²) < 4.78 is 5.16. The van der Waals surface area contributed by atoms with E-state index in [0.717, 1.165) is 16.8 Å². The van der Waals surface area contributed by atoms with Gasteiger partial charge in [0.1, 0.15) is 23.7 Å². The topological polar surface area (TPSA) is 71.0 Å². The average Bonchev–Trinajstić information content (AvgIpc) is 2.87. The minimum absolute atomic E-state index is 0.0672. The Labute approximate surface area is 165 Å². The van der Waals surface area contributed by atoms with Crippen LogP contribution in [-0.4, -0.2) is 41.7 Å². The zero-order valence-electron chi connectivity index (χ0n) is 16.9. The van der Waals surface area contributed by atoms with Gasteiger partial charge in [-0.1, -0.05) is 17.7 Å². The molecular formula is C22H25N3O3. The van der Waals surface area contributed by atoms with Gasteiger partial charge in [0.05, 0.1) is 7.11 Å². The van der Waals surface area contributed by atoms with Gasteiger partial charge in [-0.25, -0.2) is 0 Å². The Hall–Kier alpha value is -3.15. The van der Waals surface area contributed by atoms with Gasteiger partial charge in [0.2, 0.25) is 5.91 Å². The Morgan fingerprint density at radius 1 is 1.14 bits per heavy atom. The van der Waals surface area contributed by atoms with Crippen LogP contribution in [0.25, 0.3) is 0 Å². The van der Waals surface area contributed by atoms with Gasteiger partial charge in [-0.2, -0.15) is 0 Å². The smallest absolute Gasteiger partial charge is 0.275 e. The number of hydrogen-bond donors (Lipinski definition) is 1. The number of aliphatic imine (C=N–C) groups is 1. The zero-order chi connectivity index (χ0) is 20.5. The third-order valence-corrected chi connectivity index (χ3v) is 4.81. The van der Waals surface area contributed by atoms with E-state index in [9.17, 15) is 9.59 Å². The van der Waals surface area contributed by atoms with E-state index in [2.05, 4.69) is 10.3 Å². The molecule has 0 fully saturated rings. The predicted molar refractivity (Wildman–Crippen MR) is 110 cm³/mol. The number of carbonyl (C=O) groups is 2. The second-order valence-electron chi connectivity index (χ2n) is 7.44. The summed E-state index contributed by atoms with van der Waals surface area (Å²) in [5.74, 6) is 0.198. The summed E-state index contributed by atoms with van der Waals surface area (Å²) >= 11 is 0. The monoisotopic (exact) mass is 379 g/mol. The van der Waals surface area contributed by atoms with Gasteiger partial charge in [0.15, 0.2) is 0 Å². The maximum absolute atomic E-state index is 13.0. The van der Waals surface area contributed by atoms with Crippen LogP contribution in [0.2, 0.25) is 0 Å². The molecule has 0 aromatic heterocycles. The first-order valence-electron chi connectivity index (χ1n) is 9.14. The second kappa shape index (κ2) is 7.46. The number of amides is 2. The number of ether oxygens (including phenoxy) is 1. The van der Waals surface area contributed by atoms with E-state index in [4.69, 9.17) is 4.74 Å². The normalized spacial score (nSPS) is 15.4. The summed E-state index contributed by atoms with van der Waals surface area (Å²) in [7, 11) is 1.59. The standard InChI is InChI=1S/C22H25N3O3/c1-14-6-11-18(15(2)12-14)23-19(26)13-25-21(27)20(24-22(25,3)4)16-7-9-17(28-5)10-8-16/h6-12H,13H2,1-5H3,(H,23,26). The number of aryl methyl sites for hydroxylation is 2. The largest absolute Gasteiger partial charge is 0.497 e. The van der Waals surface area contributed by atoms with E-state index in [1.165, 1.54) is 4.90 Å². The number of carbonyl (C=O) groups excluding carboxylic acids is 2. The maximum Gasteiger partial charge on any atom is 0.275 e. The number of hydrogen-bond acceptors (Lipinski definition) is 4. The third-order valence-electron chi connectivity index (χ3n) is 4.81. The van der Waals surface area contributed by atoms with Crippen molar-refractivity contribution in [1.29, 1.82) is 0 Å². The molecule has 3 rings (SSSR count). The molecule has 6 nitrogen and oxygen atoms in total. The van der Waals surface area contributed by atoms with Crippen LogP contribution in [-0.2, 0) is 9.59 Å². The fourth-order valence-electron chi connectivity index (χ4n) is 3.25. The molecule has 0 atom stereocenters. The van der Waals surface area contributed by atoms with Crippen molar-refractivity contribution in [2.45, 2.75) is 33.4 Å². The minimum atomic E-state index is -0.800. The number of nitrogens with zero attached hydrogens (tertiary/aromatic N) is 2. The molecule has 0 spiro atoms. The molecule has 1 N–H and O–H groups in total. The van der Waals surface area contributed by atoms with Crippen molar-refractivity contribution in [2.24, 2.45) is 4.99 Å². The second-order valence-corrected chi connectivity index (χ2v) is 7.44. The number of anilines is 1. The van der Waals surface area contributed by atoms with Crippen LogP contribution in [0.4, 0.5) is 5.69 Å². The molecule has 146 valence electrons. The van der Waals surface area contributed by atoms with Crippen molar-refractivity contribution in [2.75, 3.05) is 19.0 Å². The van der Waals surface area contributed by atoms with E-state index in [-0.39, 0.29) is 18.4 Å². The molecule has 6 heteroatoms. The Bertz CT molecular complexity index is 946. The van der Waals surface area contributed by atoms with Crippen molar-refractivity contribution >= 4 is 23.2 Å². The van der Waals surface area contributed by atoms with E-state index in [1.54, 1.807) is 31.4 Å². The molecule has 0 aliphatic carbocycles. The molecule has 2 aromatic rings. The molecule has 0 saturated carbocycles. The molecule has 1 aliphatic rings. The Kier molecular flexibility index (Phi) is 5.23. The highest BCUT2D eigenvalue weighted by Crippen LogP contribution is 2.27. The summed E-state index contributed by atoms with van der Waals surface area (Å²) in [6, 6.07) is 13.0. The van der Waals surface area contributed by atoms with Crippen molar-refractivity contribution < 1.29 is 14.3 Å². The van der Waals surface area contributed by atoms with Crippen LogP contribution in [0.3, 0.4) is 0 Å². The first kappa shape index (κ1) is 19.6. The summed E-state index contributed by atoms with van der Waals surface area (Å²) in [4.78, 5) is 31.6. The Morgan fingerprint density at radius 2 is 1.82 bits per heavy atom. The fourth-order valence-corrected chi connectivity index (χ4v) is 3.25. The predicted octanol–water partition coefficient (Wildman–Crippen LogP) is 3.32. The van der Waals surface area contributed by atoms with Gasteiger partial charge in [0, 0.05) is 11.3 Å². The summed E-state index contributed by atoms with van der Waals surface area (Å²) in [6.07, 6.45) is 0. The van der Waals surface area contributed by atoms with E-state index >= 15 is 0 Å². The first-order chi connectivity index (χ1) is 13.2. The van der Waals surface area contributed by atoms with Crippen LogP contribution in [0.1, 0.15) is 30.5 Å². The van der Waals surface area contributed by atoms with Crippen LogP contribution < -0.4 is 10.1 Å². The van der Waals surface area contributed by atoms with E-state index in [1.807, 2.05) is 45.9 Å². The van der Waals surface area contributed by atoms with Gasteiger partial charge >= 0.3 is 0 Å². The van der Waals surface area contributed by atoms with Gasteiger partial charge in [-0.3, -0.25) is 14.6 Å². The quantitative estimate of drug-likeness (QED) is 0.866. The molecule has 2 aromatic carbocycles. The van der Waals surface area contributed by atoms with Crippen molar-refractivity contribution in [3.8, 4) is 5.75 Å². The number of benzene rings is 2. The fraction of sp³-hybridized carbons (Fsp3) is 0.318. The molecule has 1 aliphatic heterocycles. The van der Waals surface area contributed by atoms with Gasteiger partial charge in [-0.15, -0.1) is 0 Å². The van der Waals surface area contributed by atoms with Crippen molar-refractivity contribution in [1.82, 2.24) is 4.90 Å². The molecule has 1 heterocycles. The SMILES string of the molecule is COc1ccc(C2=NC(C)(C)N(CC(=O)Nc3ccc(C)cc3C)C2=O)cc1. The summed E-state index contributed by atoms with van der Waals surface area (Å²) in [5.41, 5.74) is 3.12. The molecule has 0 unspecified atom stereocenters. The van der Waals surface area contributed by atoms with Crippen LogP contribution >= 0.6 is 0 Å². The first-order valence-corrected chi connectivity index (χ1v) is 9.14. The van der Waals surface area contributed by atoms with Crippen molar-refractivity contribution in [3.05, 3.63) is 59.2 Å². The highest BCUT2D eigenvalue weighted by Gasteiger charge is 2.41. The molecule has 0 bridgehead atoms. The van der Waals surface area contributed by atoms with Crippen LogP contribution in [0, 0.1) is 13.8 Å². The lowest BCUT2D eigenvalue weighted by atomic mass is 10.1. The molecule has 28 heavy (non-hydrogen) atoms. The van der Waals surface area contributed by atoms with Gasteiger partial charge in [0.25, 0.3) is 5.91 Å². The molecule has 0 saturated heterocycles. The van der Waals surface area contributed by atoms with Gasteiger partial charge in [-0.05, 0) is 63.6 Å². The lowest BCUT2D eigenvalue weighted by Gasteiger charge is -2.28. The molecule has 0 radical (unpaired) electrons. The molecule has 2 amide bonds. The highest BCUT2D eigenvalue weighted by atomic mass is 16.5. The highest BCUT2D eigenvalue weighted by molar-refractivity contribution is 6.47. The zero-order valence-corrected chi connectivity index (χ0v) is 16.9. The Balaban J connectivity index is 1.75. The molecular weight excluding hydrogens is 354 g/mol. The summed E-state index contributed by atoms with van der Waals surface area (Å²) in [5, 5.41) is 2.89. The minimum Gasteiger partial charge on any atom is -0.497 e. The Morgan fingerprint density at radius 3 is 2.43 bits per heavy atom. The van der Waals surface area contributed by atoms with Crippen LogP contribution in [0.15, 0.2) is 47.5 Å². The average molecular weight is 379 g/mol. The lowest BCUT2D eigenvalue weighted by molar-refractivity contribution is -0.131. The lowest BCUT2D eigenvalue weighted by Crippen LogP contribution is -2.46. The van der Waals surface area contributed by atoms with Gasteiger partial charge < -0.3 is 15.0 Å². The number of nitrogens with one attached hydrogen (secondary N) is 1. The van der Waals surface area contributed by atoms with Crippen LogP contribution in [0.5, 0.6) is 5.75 Å². The number of methoxy groups -OCH3 is 1. The maximum atomic E-state index is 13.0. The van der Waals surface area contributed by atoms with Crippen molar-refractivity contribution in [3.63, 3.8) is 0 Å². The third kappa shape index (κ3) is 3.91. The summed E-state index contributed by atoms with van der Waals surface area (Å²) in [6.45, 7) is 7.53. The van der Waals surface area contributed by atoms with E-state index < -0.39 is 5.66 Å². The number of rotatable bonds is 5. The van der Waals surface area contributed by atoms with E-state index in [0.29, 0.717) is 17.0 Å².